The number of halogens is 2. The third-order valence-corrected chi connectivity index (χ3v) is 5.43. The molecule has 4 nitrogen and oxygen atoms in total. The van der Waals surface area contributed by atoms with Gasteiger partial charge < -0.3 is 10.4 Å². The van der Waals surface area contributed by atoms with Crippen LogP contribution in [0, 0.1) is 23.7 Å². The summed E-state index contributed by atoms with van der Waals surface area (Å²) in [6, 6.07) is 4.84. The Balaban J connectivity index is 1.78. The van der Waals surface area contributed by atoms with Crippen molar-refractivity contribution in [3.63, 3.8) is 0 Å². The van der Waals surface area contributed by atoms with Crippen LogP contribution in [0.5, 0.6) is 0 Å². The van der Waals surface area contributed by atoms with Crippen LogP contribution in [-0.4, -0.2) is 17.0 Å². The van der Waals surface area contributed by atoms with E-state index >= 15 is 0 Å². The van der Waals surface area contributed by atoms with E-state index in [1.807, 2.05) is 0 Å². The first-order valence-corrected chi connectivity index (χ1v) is 7.71. The molecule has 6 heteroatoms. The second kappa shape index (κ2) is 5.50. The highest BCUT2D eigenvalue weighted by atomic mass is 35.5. The monoisotopic (exact) mass is 327 g/mol. The molecule has 2 aliphatic carbocycles. The van der Waals surface area contributed by atoms with Gasteiger partial charge >= 0.3 is 5.97 Å². The van der Waals surface area contributed by atoms with E-state index in [0.717, 1.165) is 19.3 Å². The molecule has 0 aliphatic heterocycles. The third kappa shape index (κ3) is 2.62. The lowest BCUT2D eigenvalue weighted by molar-refractivity contribution is -0.148. The van der Waals surface area contributed by atoms with E-state index in [2.05, 4.69) is 5.32 Å². The summed E-state index contributed by atoms with van der Waals surface area (Å²) in [5.74, 6) is -1.79. The minimum Gasteiger partial charge on any atom is -0.481 e. The molecule has 0 spiro atoms. The van der Waals surface area contributed by atoms with Gasteiger partial charge in [0.25, 0.3) is 0 Å². The molecular weight excluding hydrogens is 313 g/mol. The Morgan fingerprint density at radius 1 is 1.10 bits per heavy atom. The number of fused-ring (bicyclic) bond motifs is 2. The molecule has 1 amide bonds. The van der Waals surface area contributed by atoms with Gasteiger partial charge in [-0.3, -0.25) is 9.59 Å². The van der Waals surface area contributed by atoms with Gasteiger partial charge in [0, 0.05) is 5.69 Å². The molecule has 0 unspecified atom stereocenters. The molecule has 0 radical (unpaired) electrons. The highest BCUT2D eigenvalue weighted by molar-refractivity contribution is 6.42. The zero-order valence-electron chi connectivity index (χ0n) is 11.2. The second-order valence-electron chi connectivity index (χ2n) is 5.84. The molecule has 4 atom stereocenters. The maximum Gasteiger partial charge on any atom is 0.307 e. The molecule has 1 aromatic rings. The van der Waals surface area contributed by atoms with Crippen LogP contribution in [-0.2, 0) is 9.59 Å². The number of carboxylic acid groups (broad SMARTS) is 1. The fourth-order valence-electron chi connectivity index (χ4n) is 3.82. The minimum atomic E-state index is -0.864. The van der Waals surface area contributed by atoms with Gasteiger partial charge in [-0.2, -0.15) is 0 Å². The quantitative estimate of drug-likeness (QED) is 0.889. The predicted octanol–water partition coefficient (Wildman–Crippen LogP) is 3.68. The van der Waals surface area contributed by atoms with Gasteiger partial charge in [0.05, 0.1) is 21.9 Å². The Kier molecular flexibility index (Phi) is 3.84. The highest BCUT2D eigenvalue weighted by Crippen LogP contribution is 2.52. The smallest absolute Gasteiger partial charge is 0.307 e. The Morgan fingerprint density at radius 2 is 1.76 bits per heavy atom. The average molecular weight is 328 g/mol. The molecule has 0 saturated heterocycles. The fraction of sp³-hybridized carbons (Fsp3) is 0.467. The molecule has 21 heavy (non-hydrogen) atoms. The van der Waals surface area contributed by atoms with Crippen molar-refractivity contribution < 1.29 is 14.7 Å². The van der Waals surface area contributed by atoms with Crippen LogP contribution in [0.25, 0.3) is 0 Å². The van der Waals surface area contributed by atoms with Crippen LogP contribution in [0.4, 0.5) is 5.69 Å². The maximum atomic E-state index is 12.5. The van der Waals surface area contributed by atoms with Crippen LogP contribution in [0.15, 0.2) is 18.2 Å². The fourth-order valence-corrected chi connectivity index (χ4v) is 4.12. The number of benzene rings is 1. The van der Waals surface area contributed by atoms with E-state index in [0.29, 0.717) is 15.7 Å². The summed E-state index contributed by atoms with van der Waals surface area (Å²) < 4.78 is 0. The van der Waals surface area contributed by atoms with Gasteiger partial charge in [-0.1, -0.05) is 23.2 Å². The molecule has 0 heterocycles. The summed E-state index contributed by atoms with van der Waals surface area (Å²) in [6.45, 7) is 0. The second-order valence-corrected chi connectivity index (χ2v) is 6.66. The van der Waals surface area contributed by atoms with Gasteiger partial charge in [-0.05, 0) is 49.3 Å². The first kappa shape index (κ1) is 14.7. The van der Waals surface area contributed by atoms with Gasteiger partial charge in [-0.15, -0.1) is 0 Å². The molecule has 112 valence electrons. The number of nitrogens with one attached hydrogen (secondary N) is 1. The standard InChI is InChI=1S/C15H15Cl2NO3/c16-10-4-3-9(6-11(10)17)18-14(19)12-7-1-2-8(5-7)13(12)15(20)21/h3-4,6-8,12-13H,1-2,5H2,(H,18,19)(H,20,21)/t7-,8+,12+,13+/m1/s1. The minimum absolute atomic E-state index is 0.136. The van der Waals surface area contributed by atoms with Crippen LogP contribution < -0.4 is 5.32 Å². The number of hydrogen-bond acceptors (Lipinski definition) is 2. The number of carbonyl (C=O) groups excluding carboxylic acids is 1. The van der Waals surface area contributed by atoms with Gasteiger partial charge in [0.2, 0.25) is 5.91 Å². The Labute approximate surface area is 132 Å². The molecule has 2 aliphatic rings. The van der Waals surface area contributed by atoms with Gasteiger partial charge in [-0.25, -0.2) is 0 Å². The Hall–Kier alpha value is -1.26. The summed E-state index contributed by atoms with van der Waals surface area (Å²) in [7, 11) is 0. The summed E-state index contributed by atoms with van der Waals surface area (Å²) >= 11 is 11.8. The largest absolute Gasteiger partial charge is 0.481 e. The van der Waals surface area contributed by atoms with Crippen molar-refractivity contribution in [2.24, 2.45) is 23.7 Å². The average Bonchev–Trinajstić information content (AvgIpc) is 3.03. The Morgan fingerprint density at radius 3 is 2.38 bits per heavy atom. The van der Waals surface area contributed by atoms with E-state index in [9.17, 15) is 14.7 Å². The van der Waals surface area contributed by atoms with Crippen LogP contribution in [0.1, 0.15) is 19.3 Å². The number of rotatable bonds is 3. The lowest BCUT2D eigenvalue weighted by atomic mass is 9.78. The van der Waals surface area contributed by atoms with Crippen molar-refractivity contribution in [2.75, 3.05) is 5.32 Å². The maximum absolute atomic E-state index is 12.5. The third-order valence-electron chi connectivity index (χ3n) is 4.69. The predicted molar refractivity (Wildman–Crippen MR) is 80.5 cm³/mol. The molecule has 3 rings (SSSR count). The van der Waals surface area contributed by atoms with Crippen LogP contribution in [0.3, 0.4) is 0 Å². The van der Waals surface area contributed by atoms with Crippen LogP contribution in [0.2, 0.25) is 10.0 Å². The van der Waals surface area contributed by atoms with Gasteiger partial charge in [0.15, 0.2) is 0 Å². The van der Waals surface area contributed by atoms with E-state index in [4.69, 9.17) is 23.2 Å². The van der Waals surface area contributed by atoms with E-state index in [1.54, 1.807) is 18.2 Å². The molecule has 2 saturated carbocycles. The van der Waals surface area contributed by atoms with Crippen LogP contribution >= 0.6 is 23.2 Å². The SMILES string of the molecule is O=C(O)[C@H]1[C@H]2CC[C@H](C2)[C@@H]1C(=O)Nc1ccc(Cl)c(Cl)c1. The number of amides is 1. The van der Waals surface area contributed by atoms with Gasteiger partial charge in [0.1, 0.15) is 0 Å². The Bertz CT molecular complexity index is 605. The highest BCUT2D eigenvalue weighted by Gasteiger charge is 2.53. The van der Waals surface area contributed by atoms with E-state index < -0.39 is 17.8 Å². The normalized spacial score (nSPS) is 30.4. The topological polar surface area (TPSA) is 66.4 Å². The zero-order valence-corrected chi connectivity index (χ0v) is 12.7. The van der Waals surface area contributed by atoms with Crippen molar-refractivity contribution in [1.29, 1.82) is 0 Å². The molecule has 2 bridgehead atoms. The van der Waals surface area contributed by atoms with E-state index in [1.165, 1.54) is 0 Å². The molecule has 2 N–H and O–H groups in total. The molecular formula is C15H15Cl2NO3. The summed E-state index contributed by atoms with van der Waals surface area (Å²) in [5.41, 5.74) is 0.543. The molecule has 1 aromatic carbocycles. The lowest BCUT2D eigenvalue weighted by Gasteiger charge is -2.27. The summed E-state index contributed by atoms with van der Waals surface area (Å²) in [4.78, 5) is 23.9. The molecule has 2 fully saturated rings. The number of aliphatic carboxylic acids is 1. The first-order chi connectivity index (χ1) is 9.97. The summed E-state index contributed by atoms with van der Waals surface area (Å²) in [6.07, 6.45) is 2.70. The number of carboxylic acids is 1. The van der Waals surface area contributed by atoms with Crippen molar-refractivity contribution >= 4 is 40.8 Å². The zero-order chi connectivity index (χ0) is 15.1. The van der Waals surface area contributed by atoms with Crippen molar-refractivity contribution in [2.45, 2.75) is 19.3 Å². The first-order valence-electron chi connectivity index (χ1n) is 6.96. The van der Waals surface area contributed by atoms with Crippen molar-refractivity contribution in [1.82, 2.24) is 0 Å². The summed E-state index contributed by atoms with van der Waals surface area (Å²) in [5, 5.41) is 12.9. The van der Waals surface area contributed by atoms with Crippen molar-refractivity contribution in [3.8, 4) is 0 Å². The number of anilines is 1. The molecule has 0 aromatic heterocycles. The lowest BCUT2D eigenvalue weighted by Crippen LogP contribution is -2.37. The van der Waals surface area contributed by atoms with E-state index in [-0.39, 0.29) is 17.7 Å². The van der Waals surface area contributed by atoms with Crippen molar-refractivity contribution in [3.05, 3.63) is 28.2 Å². The number of carbonyl (C=O) groups is 2. The number of hydrogen-bond donors (Lipinski definition) is 2.